The molecule has 2 aliphatic heterocycles. The van der Waals surface area contributed by atoms with E-state index in [0.717, 1.165) is 15.4 Å². The first kappa shape index (κ1) is 28.2. The summed E-state index contributed by atoms with van der Waals surface area (Å²) in [5, 5.41) is 9.17. The molecule has 1 unspecified atom stereocenters. The van der Waals surface area contributed by atoms with Crippen molar-refractivity contribution in [3.8, 4) is 5.75 Å². The van der Waals surface area contributed by atoms with Crippen LogP contribution in [0.3, 0.4) is 0 Å². The van der Waals surface area contributed by atoms with Crippen molar-refractivity contribution in [2.75, 3.05) is 13.1 Å². The topological polar surface area (TPSA) is 83.9 Å². The maximum absolute atomic E-state index is 13.5. The van der Waals surface area contributed by atoms with Crippen molar-refractivity contribution in [2.45, 2.75) is 61.9 Å². The molecule has 1 atom stereocenters. The Hall–Kier alpha value is -2.80. The molecule has 0 amide bonds. The van der Waals surface area contributed by atoms with E-state index in [4.69, 9.17) is 9.84 Å². The van der Waals surface area contributed by atoms with Gasteiger partial charge in [-0.05, 0) is 54.7 Å². The minimum Gasteiger partial charge on any atom is -0.487 e. The molecule has 0 aliphatic carbocycles. The molecule has 0 radical (unpaired) electrons. The largest absolute Gasteiger partial charge is 0.487 e. The molecule has 6 nitrogen and oxygen atoms in total. The number of benzene rings is 2. The predicted molar refractivity (Wildman–Crippen MR) is 123 cm³/mol. The summed E-state index contributed by atoms with van der Waals surface area (Å²) < 4.78 is 114. The molecule has 0 bridgehead atoms. The van der Waals surface area contributed by atoms with E-state index in [1.165, 1.54) is 0 Å². The van der Waals surface area contributed by atoms with Crippen LogP contribution in [0.2, 0.25) is 0 Å². The van der Waals surface area contributed by atoms with E-state index in [-0.39, 0.29) is 50.6 Å². The highest BCUT2D eigenvalue weighted by Crippen LogP contribution is 2.43. The monoisotopic (exact) mass is 565 g/mol. The Bertz CT molecular complexity index is 1330. The maximum Gasteiger partial charge on any atom is 0.417 e. The van der Waals surface area contributed by atoms with E-state index in [1.807, 2.05) is 12.1 Å². The van der Waals surface area contributed by atoms with Gasteiger partial charge in [-0.15, -0.1) is 0 Å². The summed E-state index contributed by atoms with van der Waals surface area (Å²) in [6.45, 7) is 1.11. The molecular weight excluding hydrogens is 540 g/mol. The number of ether oxygens (including phenoxy) is 1. The summed E-state index contributed by atoms with van der Waals surface area (Å²) in [5.74, 6) is -1.01. The van der Waals surface area contributed by atoms with Crippen molar-refractivity contribution < 1.29 is 49.4 Å². The number of nitrogens with zero attached hydrogens (tertiary/aromatic N) is 1. The van der Waals surface area contributed by atoms with Gasteiger partial charge in [-0.1, -0.05) is 19.1 Å². The van der Waals surface area contributed by atoms with E-state index >= 15 is 0 Å². The van der Waals surface area contributed by atoms with Crippen LogP contribution in [-0.4, -0.2) is 42.5 Å². The molecule has 4 rings (SSSR count). The van der Waals surface area contributed by atoms with E-state index in [2.05, 4.69) is 0 Å². The Morgan fingerprint density at radius 2 is 1.68 bits per heavy atom. The fourth-order valence-corrected chi connectivity index (χ4v) is 6.57. The number of carboxylic acid groups (broad SMARTS) is 1. The molecule has 13 heteroatoms. The highest BCUT2D eigenvalue weighted by molar-refractivity contribution is 7.89. The molecular formula is C25H25F6NO5S. The van der Waals surface area contributed by atoms with E-state index in [1.54, 1.807) is 13.0 Å². The number of sulfonamides is 1. The zero-order valence-corrected chi connectivity index (χ0v) is 21.0. The first-order valence-electron chi connectivity index (χ1n) is 11.8. The van der Waals surface area contributed by atoms with Crippen LogP contribution in [0.4, 0.5) is 26.3 Å². The highest BCUT2D eigenvalue weighted by atomic mass is 32.2. The summed E-state index contributed by atoms with van der Waals surface area (Å²) in [5.41, 5.74) is -2.29. The molecule has 2 aromatic carbocycles. The Balaban J connectivity index is 1.56. The Labute approximate surface area is 215 Å². The predicted octanol–water partition coefficient (Wildman–Crippen LogP) is 5.54. The first-order valence-corrected chi connectivity index (χ1v) is 13.3. The van der Waals surface area contributed by atoms with Crippen molar-refractivity contribution in [1.29, 1.82) is 0 Å². The van der Waals surface area contributed by atoms with E-state index in [9.17, 15) is 39.6 Å². The molecule has 2 aliphatic rings. The van der Waals surface area contributed by atoms with Gasteiger partial charge in [0.2, 0.25) is 10.0 Å². The van der Waals surface area contributed by atoms with Crippen molar-refractivity contribution in [1.82, 2.24) is 4.31 Å². The fourth-order valence-electron chi connectivity index (χ4n) is 4.89. The van der Waals surface area contributed by atoms with Gasteiger partial charge in [0.1, 0.15) is 11.4 Å². The number of rotatable bonds is 5. The SMILES string of the molecule is CC(Cc1ccc2c(c1)OC1(CC2)CCN(S(=O)(=O)c2cc(C(F)(F)F)ccc2C(F)(F)F)CC1)C(=O)O. The number of aliphatic carboxylic acids is 1. The van der Waals surface area contributed by atoms with Crippen LogP contribution < -0.4 is 4.74 Å². The minimum absolute atomic E-state index is 0.0372. The second-order valence-corrected chi connectivity index (χ2v) is 11.7. The zero-order valence-electron chi connectivity index (χ0n) is 20.2. The van der Waals surface area contributed by atoms with Crippen LogP contribution in [0.25, 0.3) is 0 Å². The van der Waals surface area contributed by atoms with Crippen molar-refractivity contribution in [2.24, 2.45) is 5.92 Å². The quantitative estimate of drug-likeness (QED) is 0.482. The normalized spacial score (nSPS) is 19.0. The zero-order chi connectivity index (χ0) is 28.1. The molecule has 1 fully saturated rings. The maximum atomic E-state index is 13.5. The molecule has 38 heavy (non-hydrogen) atoms. The van der Waals surface area contributed by atoms with Crippen LogP contribution in [0.1, 0.15) is 48.4 Å². The lowest BCUT2D eigenvalue weighted by molar-refractivity contribution is -0.143. The molecule has 1 saturated heterocycles. The summed E-state index contributed by atoms with van der Waals surface area (Å²) in [4.78, 5) is 9.76. The summed E-state index contributed by atoms with van der Waals surface area (Å²) in [7, 11) is -4.90. The highest BCUT2D eigenvalue weighted by Gasteiger charge is 2.46. The van der Waals surface area contributed by atoms with E-state index < -0.39 is 55.9 Å². The standard InChI is InChI=1S/C25H25F6NO5S/c1-15(22(33)34)12-16-2-3-17-6-7-23(37-20(17)13-16)8-10-32(11-9-23)38(35,36)21-14-18(24(26,27)28)4-5-19(21)25(29,30)31/h2-5,13-15H,6-12H2,1H3,(H,33,34). The number of hydrogen-bond acceptors (Lipinski definition) is 4. The number of carbonyl (C=O) groups is 1. The van der Waals surface area contributed by atoms with Gasteiger partial charge in [0.05, 0.1) is 21.9 Å². The molecule has 1 N–H and O–H groups in total. The number of carboxylic acids is 1. The average molecular weight is 566 g/mol. The Morgan fingerprint density at radius 3 is 2.26 bits per heavy atom. The van der Waals surface area contributed by atoms with Gasteiger partial charge >= 0.3 is 18.3 Å². The number of hydrogen-bond donors (Lipinski definition) is 1. The third kappa shape index (κ3) is 5.63. The number of aryl methyl sites for hydroxylation is 1. The van der Waals surface area contributed by atoms with Gasteiger partial charge in [0.15, 0.2) is 0 Å². The van der Waals surface area contributed by atoms with Crippen molar-refractivity contribution in [3.05, 3.63) is 58.7 Å². The van der Waals surface area contributed by atoms with Crippen molar-refractivity contribution in [3.63, 3.8) is 0 Å². The molecule has 2 aromatic rings. The lowest BCUT2D eigenvalue weighted by Gasteiger charge is -2.44. The number of fused-ring (bicyclic) bond motifs is 1. The third-order valence-corrected chi connectivity index (χ3v) is 9.08. The van der Waals surface area contributed by atoms with Gasteiger partial charge in [-0.3, -0.25) is 4.79 Å². The number of halogens is 6. The minimum atomic E-state index is -5.17. The van der Waals surface area contributed by atoms with E-state index in [0.29, 0.717) is 18.6 Å². The van der Waals surface area contributed by atoms with Crippen LogP contribution in [-0.2, 0) is 40.0 Å². The second kappa shape index (κ2) is 9.74. The summed E-state index contributed by atoms with van der Waals surface area (Å²) >= 11 is 0. The van der Waals surface area contributed by atoms with Gasteiger partial charge < -0.3 is 9.84 Å². The average Bonchev–Trinajstić information content (AvgIpc) is 2.82. The molecule has 0 aromatic heterocycles. The fraction of sp³-hybridized carbons (Fsp3) is 0.480. The summed E-state index contributed by atoms with van der Waals surface area (Å²) in [6.07, 6.45) is -8.54. The van der Waals surface area contributed by atoms with Crippen molar-refractivity contribution >= 4 is 16.0 Å². The third-order valence-electron chi connectivity index (χ3n) is 7.14. The molecule has 2 heterocycles. The Kier molecular flexibility index (Phi) is 7.23. The number of alkyl halides is 6. The molecule has 208 valence electrons. The second-order valence-electron chi connectivity index (χ2n) is 9.78. The lowest BCUT2D eigenvalue weighted by Crippen LogP contribution is -2.51. The van der Waals surface area contributed by atoms with Crippen LogP contribution >= 0.6 is 0 Å². The van der Waals surface area contributed by atoms with Gasteiger partial charge in [-0.25, -0.2) is 8.42 Å². The van der Waals surface area contributed by atoms with Gasteiger partial charge in [0.25, 0.3) is 0 Å². The smallest absolute Gasteiger partial charge is 0.417 e. The Morgan fingerprint density at radius 1 is 1.03 bits per heavy atom. The van der Waals surface area contributed by atoms with Crippen LogP contribution in [0.5, 0.6) is 5.75 Å². The van der Waals surface area contributed by atoms with Gasteiger partial charge in [0, 0.05) is 25.9 Å². The molecule has 0 saturated carbocycles. The number of piperidine rings is 1. The summed E-state index contributed by atoms with van der Waals surface area (Å²) in [6, 6.07) is 5.81. The van der Waals surface area contributed by atoms with Gasteiger partial charge in [-0.2, -0.15) is 30.6 Å². The van der Waals surface area contributed by atoms with Crippen LogP contribution in [0.15, 0.2) is 41.3 Å². The molecule has 1 spiro atoms. The van der Waals surface area contributed by atoms with Crippen LogP contribution in [0, 0.1) is 5.92 Å². The first-order chi connectivity index (χ1) is 17.5. The lowest BCUT2D eigenvalue weighted by atomic mass is 9.83.